The Balaban J connectivity index is 1.90. The molecule has 19 heavy (non-hydrogen) atoms. The third-order valence-electron chi connectivity index (χ3n) is 2.85. The van der Waals surface area contributed by atoms with Crippen molar-refractivity contribution >= 4 is 15.9 Å². The van der Waals surface area contributed by atoms with Gasteiger partial charge in [-0.25, -0.2) is 0 Å². The van der Waals surface area contributed by atoms with Gasteiger partial charge in [0.1, 0.15) is 5.69 Å². The van der Waals surface area contributed by atoms with Crippen molar-refractivity contribution in [1.29, 1.82) is 0 Å². The van der Waals surface area contributed by atoms with Gasteiger partial charge in [0, 0.05) is 12.1 Å². The summed E-state index contributed by atoms with van der Waals surface area (Å²) in [6.07, 6.45) is 2.78. The zero-order chi connectivity index (χ0) is 13.2. The third kappa shape index (κ3) is 2.43. The molecule has 6 nitrogen and oxygen atoms in total. The van der Waals surface area contributed by atoms with Gasteiger partial charge in [-0.2, -0.15) is 0 Å². The smallest absolute Gasteiger partial charge is 0.231 e. The standard InChI is InChI=1S/C12H13BrN4O2/c13-9-4-8(5-11-12(9)19-7-18-11)10-6-17(16-15-10)3-1-2-14/h4-6H,1-3,7,14H2. The first-order chi connectivity index (χ1) is 9.28. The Kier molecular flexibility index (Phi) is 3.39. The summed E-state index contributed by atoms with van der Waals surface area (Å²) in [5.41, 5.74) is 7.22. The van der Waals surface area contributed by atoms with E-state index in [1.54, 1.807) is 4.68 Å². The van der Waals surface area contributed by atoms with E-state index in [-0.39, 0.29) is 6.79 Å². The number of halogens is 1. The Morgan fingerprint density at radius 3 is 3.11 bits per heavy atom. The van der Waals surface area contributed by atoms with Crippen LogP contribution in [-0.2, 0) is 6.54 Å². The Labute approximate surface area is 118 Å². The van der Waals surface area contributed by atoms with Crippen molar-refractivity contribution in [3.05, 3.63) is 22.8 Å². The fraction of sp³-hybridized carbons (Fsp3) is 0.333. The zero-order valence-corrected chi connectivity index (χ0v) is 11.8. The number of rotatable bonds is 4. The van der Waals surface area contributed by atoms with Crippen LogP contribution in [0.5, 0.6) is 11.5 Å². The van der Waals surface area contributed by atoms with Crippen LogP contribution >= 0.6 is 15.9 Å². The molecule has 2 N–H and O–H groups in total. The van der Waals surface area contributed by atoms with Crippen molar-refractivity contribution in [1.82, 2.24) is 15.0 Å². The summed E-state index contributed by atoms with van der Waals surface area (Å²) < 4.78 is 13.4. The molecule has 0 aliphatic carbocycles. The Morgan fingerprint density at radius 2 is 2.26 bits per heavy atom. The molecule has 0 saturated carbocycles. The van der Waals surface area contributed by atoms with E-state index in [0.717, 1.165) is 40.2 Å². The van der Waals surface area contributed by atoms with E-state index < -0.39 is 0 Å². The number of benzene rings is 1. The van der Waals surface area contributed by atoms with E-state index in [4.69, 9.17) is 15.2 Å². The lowest BCUT2D eigenvalue weighted by Gasteiger charge is -2.02. The lowest BCUT2D eigenvalue weighted by atomic mass is 10.1. The van der Waals surface area contributed by atoms with Crippen LogP contribution < -0.4 is 15.2 Å². The van der Waals surface area contributed by atoms with Gasteiger partial charge in [0.15, 0.2) is 11.5 Å². The van der Waals surface area contributed by atoms with E-state index in [1.165, 1.54) is 0 Å². The molecule has 0 radical (unpaired) electrons. The Bertz CT molecular complexity index is 599. The second-order valence-electron chi connectivity index (χ2n) is 4.20. The van der Waals surface area contributed by atoms with Crippen molar-refractivity contribution in [3.63, 3.8) is 0 Å². The predicted octanol–water partition coefficient (Wildman–Crippen LogP) is 1.79. The van der Waals surface area contributed by atoms with Crippen LogP contribution in [0.25, 0.3) is 11.3 Å². The van der Waals surface area contributed by atoms with Gasteiger partial charge in [0.25, 0.3) is 0 Å². The number of nitrogens with two attached hydrogens (primary N) is 1. The highest BCUT2D eigenvalue weighted by Gasteiger charge is 2.19. The fourth-order valence-corrected chi connectivity index (χ4v) is 2.46. The van der Waals surface area contributed by atoms with Gasteiger partial charge in [-0.15, -0.1) is 5.10 Å². The van der Waals surface area contributed by atoms with Crippen LogP contribution in [0.15, 0.2) is 22.8 Å². The van der Waals surface area contributed by atoms with Gasteiger partial charge in [-0.3, -0.25) is 4.68 Å². The second kappa shape index (κ2) is 5.18. The van der Waals surface area contributed by atoms with Crippen molar-refractivity contribution < 1.29 is 9.47 Å². The van der Waals surface area contributed by atoms with Crippen molar-refractivity contribution in [2.45, 2.75) is 13.0 Å². The highest BCUT2D eigenvalue weighted by molar-refractivity contribution is 9.10. The van der Waals surface area contributed by atoms with E-state index in [1.807, 2.05) is 18.3 Å². The highest BCUT2D eigenvalue weighted by Crippen LogP contribution is 2.42. The normalized spacial score (nSPS) is 12.9. The summed E-state index contributed by atoms with van der Waals surface area (Å²) in [6, 6.07) is 3.86. The molecule has 1 aliphatic heterocycles. The maximum atomic E-state index is 5.48. The molecule has 2 heterocycles. The van der Waals surface area contributed by atoms with Crippen molar-refractivity contribution in [2.24, 2.45) is 5.73 Å². The van der Waals surface area contributed by atoms with Crippen LogP contribution in [0.4, 0.5) is 0 Å². The lowest BCUT2D eigenvalue weighted by molar-refractivity contribution is 0.173. The summed E-state index contributed by atoms with van der Waals surface area (Å²) >= 11 is 3.47. The van der Waals surface area contributed by atoms with E-state index in [0.29, 0.717) is 6.54 Å². The molecule has 0 bridgehead atoms. The molecule has 0 atom stereocenters. The van der Waals surface area contributed by atoms with Crippen LogP contribution in [0.1, 0.15) is 6.42 Å². The quantitative estimate of drug-likeness (QED) is 0.927. The van der Waals surface area contributed by atoms with Crippen LogP contribution in [0, 0.1) is 0 Å². The topological polar surface area (TPSA) is 75.2 Å². The number of hydrogen-bond donors (Lipinski definition) is 1. The molecule has 1 aromatic carbocycles. The number of hydrogen-bond acceptors (Lipinski definition) is 5. The first kappa shape index (κ1) is 12.4. The van der Waals surface area contributed by atoms with Crippen molar-refractivity contribution in [3.8, 4) is 22.8 Å². The first-order valence-corrected chi connectivity index (χ1v) is 6.77. The molecule has 3 rings (SSSR count). The van der Waals surface area contributed by atoms with Crippen LogP contribution in [0.3, 0.4) is 0 Å². The lowest BCUT2D eigenvalue weighted by Crippen LogP contribution is -2.06. The van der Waals surface area contributed by atoms with Gasteiger partial charge >= 0.3 is 0 Å². The number of fused-ring (bicyclic) bond motifs is 1. The Hall–Kier alpha value is -1.60. The average Bonchev–Trinajstić information content (AvgIpc) is 3.05. The molecule has 0 fully saturated rings. The van der Waals surface area contributed by atoms with E-state index >= 15 is 0 Å². The third-order valence-corrected chi connectivity index (χ3v) is 3.44. The molecule has 0 unspecified atom stereocenters. The molecule has 100 valence electrons. The second-order valence-corrected chi connectivity index (χ2v) is 5.06. The minimum atomic E-state index is 0.251. The predicted molar refractivity (Wildman–Crippen MR) is 73.0 cm³/mol. The number of nitrogens with zero attached hydrogens (tertiary/aromatic N) is 3. The summed E-state index contributed by atoms with van der Waals surface area (Å²) in [5, 5.41) is 8.24. The maximum absolute atomic E-state index is 5.48. The van der Waals surface area contributed by atoms with Gasteiger partial charge in [0.05, 0.1) is 10.7 Å². The fourth-order valence-electron chi connectivity index (χ4n) is 1.91. The molecule has 1 aliphatic rings. The molecular formula is C12H13BrN4O2. The maximum Gasteiger partial charge on any atom is 0.231 e. The molecule has 0 spiro atoms. The van der Waals surface area contributed by atoms with E-state index in [2.05, 4.69) is 26.2 Å². The monoisotopic (exact) mass is 324 g/mol. The molecule has 0 saturated heterocycles. The number of aromatic nitrogens is 3. The Morgan fingerprint density at radius 1 is 1.37 bits per heavy atom. The van der Waals surface area contributed by atoms with Gasteiger partial charge in [-0.1, -0.05) is 5.21 Å². The van der Waals surface area contributed by atoms with Crippen molar-refractivity contribution in [2.75, 3.05) is 13.3 Å². The molecule has 7 heteroatoms. The summed E-state index contributed by atoms with van der Waals surface area (Å²) in [6.45, 7) is 1.67. The minimum Gasteiger partial charge on any atom is -0.454 e. The molecule has 1 aromatic heterocycles. The highest BCUT2D eigenvalue weighted by atomic mass is 79.9. The van der Waals surface area contributed by atoms with Gasteiger partial charge < -0.3 is 15.2 Å². The largest absolute Gasteiger partial charge is 0.454 e. The SMILES string of the molecule is NCCCn1cc(-c2cc(Br)c3c(c2)OCO3)nn1. The summed E-state index contributed by atoms with van der Waals surface area (Å²) in [7, 11) is 0. The number of ether oxygens (including phenoxy) is 2. The average molecular weight is 325 g/mol. The molecule has 0 amide bonds. The zero-order valence-electron chi connectivity index (χ0n) is 10.2. The summed E-state index contributed by atoms with van der Waals surface area (Å²) in [5.74, 6) is 1.46. The molecular weight excluding hydrogens is 312 g/mol. The van der Waals surface area contributed by atoms with E-state index in [9.17, 15) is 0 Å². The first-order valence-electron chi connectivity index (χ1n) is 5.97. The molecule has 2 aromatic rings. The summed E-state index contributed by atoms with van der Waals surface area (Å²) in [4.78, 5) is 0. The van der Waals surface area contributed by atoms with Crippen LogP contribution in [-0.4, -0.2) is 28.3 Å². The van der Waals surface area contributed by atoms with Crippen LogP contribution in [0.2, 0.25) is 0 Å². The minimum absolute atomic E-state index is 0.251. The van der Waals surface area contributed by atoms with Gasteiger partial charge in [0.2, 0.25) is 6.79 Å². The van der Waals surface area contributed by atoms with Gasteiger partial charge in [-0.05, 0) is 41.0 Å². The number of aryl methyl sites for hydroxylation is 1.